The van der Waals surface area contributed by atoms with Gasteiger partial charge in [-0.2, -0.15) is 0 Å². The average molecular weight is 399 g/mol. The molecule has 2 aromatic carbocycles. The van der Waals surface area contributed by atoms with E-state index in [1.165, 1.54) is 0 Å². The summed E-state index contributed by atoms with van der Waals surface area (Å²) in [5, 5.41) is 12.0. The van der Waals surface area contributed by atoms with E-state index >= 15 is 0 Å². The van der Waals surface area contributed by atoms with Crippen molar-refractivity contribution in [3.63, 3.8) is 0 Å². The summed E-state index contributed by atoms with van der Waals surface area (Å²) in [6.45, 7) is 0.537. The molecule has 0 atom stereocenters. The second kappa shape index (κ2) is 9.00. The third kappa shape index (κ3) is 4.05. The molecule has 0 bridgehead atoms. The number of hydrogen-bond donors (Lipinski definition) is 1. The van der Waals surface area contributed by atoms with Crippen molar-refractivity contribution in [1.82, 2.24) is 20.2 Å². The summed E-state index contributed by atoms with van der Waals surface area (Å²) < 4.78 is 11.1. The fourth-order valence-corrected chi connectivity index (χ4v) is 3.13. The van der Waals surface area contributed by atoms with Crippen molar-refractivity contribution >= 4 is 5.95 Å². The van der Waals surface area contributed by atoms with Gasteiger partial charge in [-0.1, -0.05) is 30.3 Å². The Labute approximate surface area is 174 Å². The topological polar surface area (TPSA) is 82.1 Å². The number of hydrogen-bond acceptors (Lipinski definition) is 7. The monoisotopic (exact) mass is 399 g/mol. The number of rotatable bonds is 7. The number of para-hydroxylation sites is 2. The number of nitrogens with zero attached hydrogens (tertiary/aromatic N) is 4. The molecule has 0 amide bonds. The lowest BCUT2D eigenvalue weighted by Gasteiger charge is -2.14. The molecule has 2 heterocycles. The standard InChI is InChI=1S/C23H21N5O2/c1-29-19-11-5-3-9-17(19)21-22(18-10-4-6-12-20(18)30-2)27-28-23(26-21)25-15-16-8-7-13-24-14-16/h3-14H,15H2,1-2H3,(H,25,26,28). The Bertz CT molecular complexity index is 1140. The van der Waals surface area contributed by atoms with Crippen LogP contribution in [0.1, 0.15) is 5.56 Å². The molecule has 0 saturated carbocycles. The van der Waals surface area contributed by atoms with Crippen molar-refractivity contribution in [3.8, 4) is 34.0 Å². The number of nitrogens with one attached hydrogen (secondary N) is 1. The second-order valence-corrected chi connectivity index (χ2v) is 6.45. The minimum Gasteiger partial charge on any atom is -0.496 e. The predicted molar refractivity (Wildman–Crippen MR) is 115 cm³/mol. The molecule has 150 valence electrons. The molecule has 30 heavy (non-hydrogen) atoms. The maximum atomic E-state index is 5.57. The van der Waals surface area contributed by atoms with Gasteiger partial charge in [-0.3, -0.25) is 4.98 Å². The zero-order valence-corrected chi connectivity index (χ0v) is 16.7. The summed E-state index contributed by atoms with van der Waals surface area (Å²) in [5.41, 5.74) is 3.92. The quantitative estimate of drug-likeness (QED) is 0.498. The molecule has 0 spiro atoms. The molecule has 7 heteroatoms. The first kappa shape index (κ1) is 19.3. The van der Waals surface area contributed by atoms with E-state index in [0.29, 0.717) is 35.4 Å². The molecule has 0 aliphatic heterocycles. The van der Waals surface area contributed by atoms with E-state index in [2.05, 4.69) is 20.5 Å². The van der Waals surface area contributed by atoms with Crippen LogP contribution in [0.3, 0.4) is 0 Å². The van der Waals surface area contributed by atoms with E-state index in [9.17, 15) is 0 Å². The molecule has 7 nitrogen and oxygen atoms in total. The Balaban J connectivity index is 1.80. The highest BCUT2D eigenvalue weighted by Crippen LogP contribution is 2.38. The van der Waals surface area contributed by atoms with Crippen LogP contribution in [0.4, 0.5) is 5.95 Å². The van der Waals surface area contributed by atoms with Gasteiger partial charge in [0.05, 0.1) is 14.2 Å². The van der Waals surface area contributed by atoms with Crippen LogP contribution in [-0.2, 0) is 6.54 Å². The molecular weight excluding hydrogens is 378 g/mol. The molecule has 0 aliphatic rings. The molecule has 0 radical (unpaired) electrons. The lowest BCUT2D eigenvalue weighted by Crippen LogP contribution is -2.08. The van der Waals surface area contributed by atoms with Crippen LogP contribution in [0.15, 0.2) is 73.1 Å². The maximum Gasteiger partial charge on any atom is 0.243 e. The highest BCUT2D eigenvalue weighted by molar-refractivity contribution is 5.83. The van der Waals surface area contributed by atoms with Crippen molar-refractivity contribution < 1.29 is 9.47 Å². The number of aromatic nitrogens is 4. The van der Waals surface area contributed by atoms with Crippen molar-refractivity contribution in [2.75, 3.05) is 19.5 Å². The highest BCUT2D eigenvalue weighted by Gasteiger charge is 2.19. The number of anilines is 1. The largest absolute Gasteiger partial charge is 0.496 e. The minimum absolute atomic E-state index is 0.415. The zero-order chi connectivity index (χ0) is 20.8. The second-order valence-electron chi connectivity index (χ2n) is 6.45. The van der Waals surface area contributed by atoms with E-state index in [1.54, 1.807) is 26.6 Å². The third-order valence-corrected chi connectivity index (χ3v) is 4.58. The van der Waals surface area contributed by atoms with Crippen LogP contribution in [0.5, 0.6) is 11.5 Å². The van der Waals surface area contributed by atoms with Gasteiger partial charge in [0.1, 0.15) is 22.9 Å². The SMILES string of the molecule is COc1ccccc1-c1nnc(NCc2cccnc2)nc1-c1ccccc1OC. The lowest BCUT2D eigenvalue weighted by atomic mass is 10.0. The van der Waals surface area contributed by atoms with Crippen molar-refractivity contribution in [1.29, 1.82) is 0 Å². The molecule has 0 aliphatic carbocycles. The third-order valence-electron chi connectivity index (χ3n) is 4.58. The number of ether oxygens (including phenoxy) is 2. The first-order chi connectivity index (χ1) is 14.8. The lowest BCUT2D eigenvalue weighted by molar-refractivity contribution is 0.415. The van der Waals surface area contributed by atoms with E-state index in [1.807, 2.05) is 60.7 Å². The summed E-state index contributed by atoms with van der Waals surface area (Å²) >= 11 is 0. The van der Waals surface area contributed by atoms with Crippen LogP contribution in [0, 0.1) is 0 Å². The molecule has 2 aromatic heterocycles. The van der Waals surface area contributed by atoms with Crippen LogP contribution >= 0.6 is 0 Å². The van der Waals surface area contributed by atoms with Crippen LogP contribution in [0.25, 0.3) is 22.5 Å². The predicted octanol–water partition coefficient (Wildman–Crippen LogP) is 4.23. The van der Waals surface area contributed by atoms with Gasteiger partial charge in [-0.05, 0) is 35.9 Å². The zero-order valence-electron chi connectivity index (χ0n) is 16.7. The van der Waals surface area contributed by atoms with Gasteiger partial charge in [0.25, 0.3) is 0 Å². The average Bonchev–Trinajstić information content (AvgIpc) is 2.83. The number of benzene rings is 2. The summed E-state index contributed by atoms with van der Waals surface area (Å²) in [6.07, 6.45) is 3.54. The van der Waals surface area contributed by atoms with Crippen molar-refractivity contribution in [2.45, 2.75) is 6.54 Å². The molecule has 1 N–H and O–H groups in total. The summed E-state index contributed by atoms with van der Waals surface area (Å²) in [7, 11) is 3.27. The highest BCUT2D eigenvalue weighted by atomic mass is 16.5. The fraction of sp³-hybridized carbons (Fsp3) is 0.130. The Hall–Kier alpha value is -4.00. The Morgan fingerprint density at radius 3 is 2.07 bits per heavy atom. The normalized spacial score (nSPS) is 10.5. The van der Waals surface area contributed by atoms with E-state index in [4.69, 9.17) is 14.5 Å². The Morgan fingerprint density at radius 2 is 1.43 bits per heavy atom. The number of methoxy groups -OCH3 is 2. The first-order valence-corrected chi connectivity index (χ1v) is 9.44. The molecular formula is C23H21N5O2. The van der Waals surface area contributed by atoms with Gasteiger partial charge in [0.15, 0.2) is 0 Å². The molecule has 0 fully saturated rings. The first-order valence-electron chi connectivity index (χ1n) is 9.44. The molecule has 4 rings (SSSR count). The number of pyridine rings is 1. The minimum atomic E-state index is 0.415. The van der Waals surface area contributed by atoms with Gasteiger partial charge in [0.2, 0.25) is 5.95 Å². The van der Waals surface area contributed by atoms with E-state index in [0.717, 1.165) is 16.7 Å². The maximum absolute atomic E-state index is 5.57. The summed E-state index contributed by atoms with van der Waals surface area (Å²) in [4.78, 5) is 8.91. The van der Waals surface area contributed by atoms with Gasteiger partial charge < -0.3 is 14.8 Å². The summed E-state index contributed by atoms with van der Waals surface area (Å²) in [5.74, 6) is 1.81. The fourth-order valence-electron chi connectivity index (χ4n) is 3.13. The van der Waals surface area contributed by atoms with Crippen molar-refractivity contribution in [2.24, 2.45) is 0 Å². The van der Waals surface area contributed by atoms with Gasteiger partial charge in [0, 0.05) is 30.1 Å². The van der Waals surface area contributed by atoms with Gasteiger partial charge in [-0.25, -0.2) is 4.98 Å². The van der Waals surface area contributed by atoms with Crippen LogP contribution < -0.4 is 14.8 Å². The van der Waals surface area contributed by atoms with E-state index in [-0.39, 0.29) is 0 Å². The molecule has 0 saturated heterocycles. The molecule has 0 unspecified atom stereocenters. The smallest absolute Gasteiger partial charge is 0.243 e. The summed E-state index contributed by atoms with van der Waals surface area (Å²) in [6, 6.07) is 19.2. The van der Waals surface area contributed by atoms with Crippen LogP contribution in [-0.4, -0.2) is 34.4 Å². The van der Waals surface area contributed by atoms with Crippen LogP contribution in [0.2, 0.25) is 0 Å². The van der Waals surface area contributed by atoms with Gasteiger partial charge >= 0.3 is 0 Å². The van der Waals surface area contributed by atoms with E-state index < -0.39 is 0 Å². The van der Waals surface area contributed by atoms with Crippen molar-refractivity contribution in [3.05, 3.63) is 78.6 Å². The van der Waals surface area contributed by atoms with Gasteiger partial charge in [-0.15, -0.1) is 10.2 Å². The Morgan fingerprint density at radius 1 is 0.767 bits per heavy atom. The Kier molecular flexibility index (Phi) is 5.80. The molecule has 4 aromatic rings.